The first-order valence-electron chi connectivity index (χ1n) is 8.37. The molecule has 0 radical (unpaired) electrons. The maximum Gasteiger partial charge on any atom is 0.228 e. The predicted molar refractivity (Wildman–Crippen MR) is 102 cm³/mol. The molecule has 0 saturated heterocycles. The molecule has 3 nitrogen and oxygen atoms in total. The van der Waals surface area contributed by atoms with E-state index in [0.717, 1.165) is 27.8 Å². The number of aryl methyl sites for hydroxylation is 2. The number of anilines is 1. The highest BCUT2D eigenvalue weighted by Crippen LogP contribution is 2.33. The Morgan fingerprint density at radius 3 is 2.46 bits per heavy atom. The molecule has 3 aromatic carbocycles. The molecule has 132 valence electrons. The zero-order valence-corrected chi connectivity index (χ0v) is 14.7. The lowest BCUT2D eigenvalue weighted by atomic mass is 9.97. The third-order valence-electron chi connectivity index (χ3n) is 4.18. The van der Waals surface area contributed by atoms with Gasteiger partial charge in [0.1, 0.15) is 11.6 Å². The number of phenols is 1. The normalized spacial score (nSPS) is 10.6. The number of aromatic hydroxyl groups is 1. The highest BCUT2D eigenvalue weighted by Gasteiger charge is 2.13. The lowest BCUT2D eigenvalue weighted by Crippen LogP contribution is -2.16. The maximum absolute atomic E-state index is 13.0. The van der Waals surface area contributed by atoms with Gasteiger partial charge in [-0.3, -0.25) is 4.79 Å². The summed E-state index contributed by atoms with van der Waals surface area (Å²) in [6.45, 7) is 3.93. The number of halogens is 1. The number of phenolic OH excluding ortho intramolecular Hbond substituents is 1. The molecule has 0 aromatic heterocycles. The summed E-state index contributed by atoms with van der Waals surface area (Å²) in [5, 5.41) is 12.8. The summed E-state index contributed by atoms with van der Waals surface area (Å²) in [5.74, 6) is -0.329. The number of nitrogens with one attached hydrogen (secondary N) is 1. The predicted octanol–water partition coefficient (Wildman–Crippen LogP) is 5.00. The van der Waals surface area contributed by atoms with Crippen molar-refractivity contribution in [3.63, 3.8) is 0 Å². The van der Waals surface area contributed by atoms with E-state index in [1.807, 2.05) is 32.0 Å². The first kappa shape index (κ1) is 17.7. The molecule has 0 saturated carbocycles. The minimum atomic E-state index is -0.324. The fourth-order valence-corrected chi connectivity index (χ4v) is 3.01. The summed E-state index contributed by atoms with van der Waals surface area (Å²) in [6, 6.07) is 16.8. The molecule has 4 heteroatoms. The number of benzene rings is 3. The minimum absolute atomic E-state index is 0.160. The maximum atomic E-state index is 13.0. The second-order valence-electron chi connectivity index (χ2n) is 6.41. The fraction of sp³-hybridized carbons (Fsp3) is 0.136. The van der Waals surface area contributed by atoms with Gasteiger partial charge in [0.2, 0.25) is 5.91 Å². The van der Waals surface area contributed by atoms with Crippen molar-refractivity contribution in [1.29, 1.82) is 0 Å². The molecule has 0 atom stereocenters. The van der Waals surface area contributed by atoms with E-state index < -0.39 is 0 Å². The van der Waals surface area contributed by atoms with E-state index in [4.69, 9.17) is 0 Å². The van der Waals surface area contributed by atoms with E-state index in [-0.39, 0.29) is 23.9 Å². The van der Waals surface area contributed by atoms with Crippen molar-refractivity contribution in [2.75, 3.05) is 5.32 Å². The van der Waals surface area contributed by atoms with Gasteiger partial charge in [-0.1, -0.05) is 35.9 Å². The van der Waals surface area contributed by atoms with Crippen LogP contribution in [0.3, 0.4) is 0 Å². The Kier molecular flexibility index (Phi) is 5.03. The van der Waals surface area contributed by atoms with Gasteiger partial charge < -0.3 is 10.4 Å². The Bertz CT molecular complexity index is 949. The molecule has 0 bridgehead atoms. The number of amides is 1. The zero-order valence-electron chi connectivity index (χ0n) is 14.7. The van der Waals surface area contributed by atoms with Gasteiger partial charge in [0, 0.05) is 5.56 Å². The molecule has 0 fully saturated rings. The van der Waals surface area contributed by atoms with E-state index in [2.05, 4.69) is 5.32 Å². The quantitative estimate of drug-likeness (QED) is 0.697. The number of hydrogen-bond acceptors (Lipinski definition) is 2. The van der Waals surface area contributed by atoms with Crippen molar-refractivity contribution in [1.82, 2.24) is 0 Å². The summed E-state index contributed by atoms with van der Waals surface area (Å²) >= 11 is 0. The lowest BCUT2D eigenvalue weighted by molar-refractivity contribution is -0.115. The highest BCUT2D eigenvalue weighted by atomic mass is 19.1. The van der Waals surface area contributed by atoms with E-state index in [0.29, 0.717) is 5.69 Å². The van der Waals surface area contributed by atoms with Gasteiger partial charge in [-0.25, -0.2) is 4.39 Å². The number of carbonyl (C=O) groups is 1. The molecule has 0 aliphatic rings. The molecule has 3 aromatic rings. The van der Waals surface area contributed by atoms with Crippen molar-refractivity contribution >= 4 is 11.6 Å². The number of hydrogen-bond donors (Lipinski definition) is 2. The zero-order chi connectivity index (χ0) is 18.7. The van der Waals surface area contributed by atoms with Crippen LogP contribution >= 0.6 is 0 Å². The Hall–Kier alpha value is -3.14. The molecule has 1 amide bonds. The van der Waals surface area contributed by atoms with Crippen LogP contribution in [0.4, 0.5) is 10.1 Å². The van der Waals surface area contributed by atoms with Crippen LogP contribution in [0.15, 0.2) is 60.7 Å². The van der Waals surface area contributed by atoms with E-state index in [1.54, 1.807) is 30.3 Å². The van der Waals surface area contributed by atoms with Crippen LogP contribution in [-0.4, -0.2) is 11.0 Å². The van der Waals surface area contributed by atoms with Crippen LogP contribution in [0.2, 0.25) is 0 Å². The van der Waals surface area contributed by atoms with Crippen LogP contribution in [0, 0.1) is 19.7 Å². The summed E-state index contributed by atoms with van der Waals surface area (Å²) in [6.07, 6.45) is 0.160. The van der Waals surface area contributed by atoms with E-state index in [9.17, 15) is 14.3 Å². The highest BCUT2D eigenvalue weighted by molar-refractivity contribution is 5.97. The Labute approximate surface area is 152 Å². The second kappa shape index (κ2) is 7.40. The lowest BCUT2D eigenvalue weighted by Gasteiger charge is -2.16. The van der Waals surface area contributed by atoms with Crippen LogP contribution in [-0.2, 0) is 11.2 Å². The SMILES string of the molecule is Cc1cc(C)c(NC(=O)Cc2ccc(F)cc2)c(-c2cccc(O)c2)c1. The van der Waals surface area contributed by atoms with Crippen molar-refractivity contribution in [2.24, 2.45) is 0 Å². The molecule has 0 aliphatic heterocycles. The first-order valence-corrected chi connectivity index (χ1v) is 8.37. The minimum Gasteiger partial charge on any atom is -0.508 e. The van der Waals surface area contributed by atoms with E-state index >= 15 is 0 Å². The third kappa shape index (κ3) is 4.09. The van der Waals surface area contributed by atoms with Crippen LogP contribution < -0.4 is 5.32 Å². The Morgan fingerprint density at radius 2 is 1.77 bits per heavy atom. The average molecular weight is 349 g/mol. The van der Waals surface area contributed by atoms with Gasteiger partial charge in [0.05, 0.1) is 12.1 Å². The molecular weight excluding hydrogens is 329 g/mol. The molecule has 26 heavy (non-hydrogen) atoms. The molecule has 0 heterocycles. The standard InChI is InChI=1S/C22H20FNO2/c1-14-10-15(2)22(20(11-14)17-4-3-5-19(25)13-17)24-21(26)12-16-6-8-18(23)9-7-16/h3-11,13,25H,12H2,1-2H3,(H,24,26). The number of rotatable bonds is 4. The topological polar surface area (TPSA) is 49.3 Å². The van der Waals surface area contributed by atoms with Crippen molar-refractivity contribution < 1.29 is 14.3 Å². The Balaban J connectivity index is 1.91. The molecule has 3 rings (SSSR count). The van der Waals surface area contributed by atoms with Crippen LogP contribution in [0.5, 0.6) is 5.75 Å². The van der Waals surface area contributed by atoms with Crippen LogP contribution in [0.1, 0.15) is 16.7 Å². The van der Waals surface area contributed by atoms with Gasteiger partial charge in [-0.05, 0) is 60.9 Å². The van der Waals surface area contributed by atoms with Gasteiger partial charge in [0.25, 0.3) is 0 Å². The van der Waals surface area contributed by atoms with Crippen molar-refractivity contribution in [3.05, 3.63) is 83.2 Å². The average Bonchev–Trinajstić information content (AvgIpc) is 2.59. The smallest absolute Gasteiger partial charge is 0.228 e. The van der Waals surface area contributed by atoms with Crippen molar-refractivity contribution in [2.45, 2.75) is 20.3 Å². The summed E-state index contributed by atoms with van der Waals surface area (Å²) in [5.41, 5.74) is 5.15. The summed E-state index contributed by atoms with van der Waals surface area (Å²) < 4.78 is 13.0. The Morgan fingerprint density at radius 1 is 1.04 bits per heavy atom. The summed E-state index contributed by atoms with van der Waals surface area (Å²) in [7, 11) is 0. The largest absolute Gasteiger partial charge is 0.508 e. The fourth-order valence-electron chi connectivity index (χ4n) is 3.01. The number of carbonyl (C=O) groups excluding carboxylic acids is 1. The second-order valence-corrected chi connectivity index (χ2v) is 6.41. The van der Waals surface area contributed by atoms with Gasteiger partial charge in [-0.2, -0.15) is 0 Å². The molecular formula is C22H20FNO2. The molecule has 2 N–H and O–H groups in total. The van der Waals surface area contributed by atoms with Crippen LogP contribution in [0.25, 0.3) is 11.1 Å². The van der Waals surface area contributed by atoms with Gasteiger partial charge in [0.15, 0.2) is 0 Å². The molecule has 0 aliphatic carbocycles. The third-order valence-corrected chi connectivity index (χ3v) is 4.18. The monoisotopic (exact) mass is 349 g/mol. The van der Waals surface area contributed by atoms with Crippen molar-refractivity contribution in [3.8, 4) is 16.9 Å². The van der Waals surface area contributed by atoms with Gasteiger partial charge in [-0.15, -0.1) is 0 Å². The van der Waals surface area contributed by atoms with E-state index in [1.165, 1.54) is 12.1 Å². The summed E-state index contributed by atoms with van der Waals surface area (Å²) in [4.78, 5) is 12.5. The first-order chi connectivity index (χ1) is 12.4. The van der Waals surface area contributed by atoms with Gasteiger partial charge >= 0.3 is 0 Å². The molecule has 0 unspecified atom stereocenters. The molecule has 0 spiro atoms.